The van der Waals surface area contributed by atoms with E-state index in [4.69, 9.17) is 0 Å². The Kier molecular flexibility index (Phi) is 5.92. The quantitative estimate of drug-likeness (QED) is 0.778. The maximum Gasteiger partial charge on any atom is 0.239 e. The number of hydrogen-bond acceptors (Lipinski definition) is 3. The molecule has 1 N–H and O–H groups in total. The van der Waals surface area contributed by atoms with Gasteiger partial charge in [-0.15, -0.1) is 0 Å². The number of piperidine rings is 1. The van der Waals surface area contributed by atoms with Crippen molar-refractivity contribution >= 4 is 5.91 Å². The number of likely N-dealkylation sites (N-methyl/N-ethyl adjacent to an activating group) is 1. The van der Waals surface area contributed by atoms with Crippen LogP contribution < -0.4 is 5.32 Å². The zero-order valence-electron chi connectivity index (χ0n) is 11.7. The molecule has 1 aliphatic rings. The lowest BCUT2D eigenvalue weighted by Gasteiger charge is -2.37. The predicted octanol–water partition coefficient (Wildman–Crippen LogP) is 0.927. The number of carbonyl (C=O) groups excluding carboxylic acids is 1. The van der Waals surface area contributed by atoms with Crippen molar-refractivity contribution < 1.29 is 4.79 Å². The molecule has 0 spiro atoms. The molecule has 1 aliphatic heterocycles. The number of nitrogens with one attached hydrogen (secondary N) is 1. The van der Waals surface area contributed by atoms with E-state index in [2.05, 4.69) is 10.2 Å². The standard InChI is InChI=1S/C13H27N3O/c1-5-15(6-2)13(17)11(3)16-9-7-12(14-4)8-10-16/h11-12,14H,5-10H2,1-4H3. The van der Waals surface area contributed by atoms with Crippen LogP contribution in [0.3, 0.4) is 0 Å². The number of likely N-dealkylation sites (tertiary alicyclic amines) is 1. The molecule has 0 aromatic heterocycles. The molecule has 1 amide bonds. The Labute approximate surface area is 105 Å². The fourth-order valence-corrected chi connectivity index (χ4v) is 2.53. The zero-order chi connectivity index (χ0) is 12.8. The molecule has 0 saturated carbocycles. The summed E-state index contributed by atoms with van der Waals surface area (Å²) in [5.74, 6) is 0.276. The van der Waals surface area contributed by atoms with Crippen molar-refractivity contribution in [1.82, 2.24) is 15.1 Å². The van der Waals surface area contributed by atoms with Crippen LogP contribution in [0.25, 0.3) is 0 Å². The van der Waals surface area contributed by atoms with Gasteiger partial charge in [0, 0.05) is 32.2 Å². The lowest BCUT2D eigenvalue weighted by Crippen LogP contribution is -2.51. The average molecular weight is 241 g/mol. The summed E-state index contributed by atoms with van der Waals surface area (Å²) < 4.78 is 0. The number of nitrogens with zero attached hydrogens (tertiary/aromatic N) is 2. The van der Waals surface area contributed by atoms with Crippen LogP contribution in [0, 0.1) is 0 Å². The molecule has 0 radical (unpaired) electrons. The Hall–Kier alpha value is -0.610. The molecule has 0 aromatic carbocycles. The second-order valence-electron chi connectivity index (χ2n) is 4.79. The maximum atomic E-state index is 12.2. The largest absolute Gasteiger partial charge is 0.342 e. The van der Waals surface area contributed by atoms with Gasteiger partial charge >= 0.3 is 0 Å². The van der Waals surface area contributed by atoms with Crippen LogP contribution in [-0.2, 0) is 4.79 Å². The summed E-state index contributed by atoms with van der Waals surface area (Å²) in [6, 6.07) is 0.662. The van der Waals surface area contributed by atoms with Crippen LogP contribution in [0.5, 0.6) is 0 Å². The van der Waals surface area contributed by atoms with Crippen molar-refractivity contribution in [1.29, 1.82) is 0 Å². The molecule has 0 bridgehead atoms. The molecule has 1 unspecified atom stereocenters. The Morgan fingerprint density at radius 2 is 1.88 bits per heavy atom. The molecule has 1 fully saturated rings. The average Bonchev–Trinajstić information content (AvgIpc) is 2.39. The highest BCUT2D eigenvalue weighted by Crippen LogP contribution is 2.14. The van der Waals surface area contributed by atoms with E-state index in [0.29, 0.717) is 6.04 Å². The summed E-state index contributed by atoms with van der Waals surface area (Å²) in [6.45, 7) is 9.81. The molecule has 1 saturated heterocycles. The number of rotatable bonds is 5. The Morgan fingerprint density at radius 3 is 2.29 bits per heavy atom. The van der Waals surface area contributed by atoms with Gasteiger partial charge in [0.25, 0.3) is 0 Å². The molecule has 0 aliphatic carbocycles. The van der Waals surface area contributed by atoms with E-state index >= 15 is 0 Å². The Morgan fingerprint density at radius 1 is 1.35 bits per heavy atom. The van der Waals surface area contributed by atoms with Gasteiger partial charge in [-0.3, -0.25) is 9.69 Å². The van der Waals surface area contributed by atoms with Gasteiger partial charge in [-0.2, -0.15) is 0 Å². The third-order valence-electron chi connectivity index (χ3n) is 3.92. The van der Waals surface area contributed by atoms with Gasteiger partial charge in [0.15, 0.2) is 0 Å². The summed E-state index contributed by atoms with van der Waals surface area (Å²) in [7, 11) is 2.02. The first-order valence-corrected chi connectivity index (χ1v) is 6.84. The molecule has 17 heavy (non-hydrogen) atoms. The molecular formula is C13H27N3O. The van der Waals surface area contributed by atoms with Gasteiger partial charge in [-0.05, 0) is 40.7 Å². The summed E-state index contributed by atoms with van der Waals surface area (Å²) in [5, 5.41) is 3.32. The van der Waals surface area contributed by atoms with Crippen LogP contribution in [0.1, 0.15) is 33.6 Å². The van der Waals surface area contributed by atoms with Crippen molar-refractivity contribution in [2.75, 3.05) is 33.2 Å². The van der Waals surface area contributed by atoms with Crippen molar-refractivity contribution in [3.63, 3.8) is 0 Å². The topological polar surface area (TPSA) is 35.6 Å². The molecular weight excluding hydrogens is 214 g/mol. The van der Waals surface area contributed by atoms with Crippen LogP contribution in [0.15, 0.2) is 0 Å². The van der Waals surface area contributed by atoms with Gasteiger partial charge in [0.05, 0.1) is 6.04 Å². The maximum absolute atomic E-state index is 12.2. The predicted molar refractivity (Wildman–Crippen MR) is 71.0 cm³/mol. The zero-order valence-corrected chi connectivity index (χ0v) is 11.7. The first-order chi connectivity index (χ1) is 8.13. The van der Waals surface area contributed by atoms with Gasteiger partial charge in [0.2, 0.25) is 5.91 Å². The van der Waals surface area contributed by atoms with E-state index in [1.807, 2.05) is 32.7 Å². The van der Waals surface area contributed by atoms with E-state index in [9.17, 15) is 4.79 Å². The highest BCUT2D eigenvalue weighted by atomic mass is 16.2. The second kappa shape index (κ2) is 6.97. The van der Waals surface area contributed by atoms with E-state index in [-0.39, 0.29) is 11.9 Å². The normalized spacial score (nSPS) is 20.2. The number of hydrogen-bond donors (Lipinski definition) is 1. The molecule has 100 valence electrons. The van der Waals surface area contributed by atoms with Crippen LogP contribution in [0.2, 0.25) is 0 Å². The monoisotopic (exact) mass is 241 g/mol. The lowest BCUT2D eigenvalue weighted by molar-refractivity contribution is -0.136. The molecule has 1 heterocycles. The van der Waals surface area contributed by atoms with Crippen molar-refractivity contribution in [3.8, 4) is 0 Å². The minimum atomic E-state index is 0.0349. The van der Waals surface area contributed by atoms with Gasteiger partial charge in [-0.1, -0.05) is 0 Å². The molecule has 4 heteroatoms. The fourth-order valence-electron chi connectivity index (χ4n) is 2.53. The molecule has 1 rings (SSSR count). The third-order valence-corrected chi connectivity index (χ3v) is 3.92. The van der Waals surface area contributed by atoms with E-state index in [0.717, 1.165) is 39.0 Å². The van der Waals surface area contributed by atoms with Crippen LogP contribution in [-0.4, -0.2) is 61.0 Å². The SMILES string of the molecule is CCN(CC)C(=O)C(C)N1CCC(NC)CC1. The van der Waals surface area contributed by atoms with Gasteiger partial charge in [-0.25, -0.2) is 0 Å². The van der Waals surface area contributed by atoms with E-state index in [1.165, 1.54) is 0 Å². The first kappa shape index (κ1) is 14.5. The summed E-state index contributed by atoms with van der Waals surface area (Å²) in [5.41, 5.74) is 0. The lowest BCUT2D eigenvalue weighted by atomic mass is 10.0. The molecule has 0 aromatic rings. The smallest absolute Gasteiger partial charge is 0.239 e. The molecule has 1 atom stereocenters. The number of amides is 1. The van der Waals surface area contributed by atoms with Crippen LogP contribution in [0.4, 0.5) is 0 Å². The minimum Gasteiger partial charge on any atom is -0.342 e. The van der Waals surface area contributed by atoms with Crippen LogP contribution >= 0.6 is 0 Å². The second-order valence-corrected chi connectivity index (χ2v) is 4.79. The molecule has 4 nitrogen and oxygen atoms in total. The van der Waals surface area contributed by atoms with Crippen molar-refractivity contribution in [2.45, 2.75) is 45.7 Å². The number of carbonyl (C=O) groups is 1. The third kappa shape index (κ3) is 3.68. The fraction of sp³-hybridized carbons (Fsp3) is 0.923. The first-order valence-electron chi connectivity index (χ1n) is 6.84. The van der Waals surface area contributed by atoms with Crippen molar-refractivity contribution in [3.05, 3.63) is 0 Å². The highest BCUT2D eigenvalue weighted by Gasteiger charge is 2.27. The summed E-state index contributed by atoms with van der Waals surface area (Å²) in [4.78, 5) is 16.5. The van der Waals surface area contributed by atoms with Gasteiger partial charge < -0.3 is 10.2 Å². The highest BCUT2D eigenvalue weighted by molar-refractivity contribution is 5.81. The Balaban J connectivity index is 2.47. The Bertz CT molecular complexity index is 233. The van der Waals surface area contributed by atoms with Gasteiger partial charge in [0.1, 0.15) is 0 Å². The van der Waals surface area contributed by atoms with E-state index in [1.54, 1.807) is 0 Å². The van der Waals surface area contributed by atoms with Crippen molar-refractivity contribution in [2.24, 2.45) is 0 Å². The van der Waals surface area contributed by atoms with E-state index < -0.39 is 0 Å². The minimum absolute atomic E-state index is 0.0349. The summed E-state index contributed by atoms with van der Waals surface area (Å²) >= 11 is 0. The summed E-state index contributed by atoms with van der Waals surface area (Å²) in [6.07, 6.45) is 2.29.